The lowest BCUT2D eigenvalue weighted by Crippen LogP contribution is -2.09. The molecule has 0 spiro atoms. The normalized spacial score (nSPS) is 17.4. The minimum atomic E-state index is 0.127. The number of aliphatic hydroxyl groups is 1. The van der Waals surface area contributed by atoms with E-state index in [1.807, 2.05) is 0 Å². The fourth-order valence-corrected chi connectivity index (χ4v) is 4.57. The van der Waals surface area contributed by atoms with Crippen LogP contribution in [0.2, 0.25) is 0 Å². The maximum atomic E-state index is 9.47. The second kappa shape index (κ2) is 8.20. The first-order valence-electron chi connectivity index (χ1n) is 9.99. The highest BCUT2D eigenvalue weighted by molar-refractivity contribution is 5.89. The molecule has 2 nitrogen and oxygen atoms in total. The molecule has 0 fully saturated rings. The number of H-pyrrole nitrogens is 1. The monoisotopic (exact) mass is 327 g/mol. The predicted octanol–water partition coefficient (Wildman–Crippen LogP) is 6.14. The van der Waals surface area contributed by atoms with Gasteiger partial charge in [-0.1, -0.05) is 51.5 Å². The molecule has 0 bridgehead atoms. The van der Waals surface area contributed by atoms with Crippen molar-refractivity contribution in [3.05, 3.63) is 34.5 Å². The molecule has 0 saturated heterocycles. The second-order valence-corrected chi connectivity index (χ2v) is 7.66. The maximum absolute atomic E-state index is 9.47. The van der Waals surface area contributed by atoms with Gasteiger partial charge < -0.3 is 10.1 Å². The van der Waals surface area contributed by atoms with E-state index < -0.39 is 0 Å². The fraction of sp³-hybridized carbons (Fsp3) is 0.636. The highest BCUT2D eigenvalue weighted by atomic mass is 16.3. The van der Waals surface area contributed by atoms with Crippen molar-refractivity contribution in [2.45, 2.75) is 90.6 Å². The van der Waals surface area contributed by atoms with Gasteiger partial charge in [-0.05, 0) is 61.3 Å². The van der Waals surface area contributed by atoms with E-state index in [9.17, 15) is 5.11 Å². The molecule has 132 valence electrons. The summed E-state index contributed by atoms with van der Waals surface area (Å²) in [7, 11) is 0. The first kappa shape index (κ1) is 17.5. The molecule has 1 aliphatic carbocycles. The summed E-state index contributed by atoms with van der Waals surface area (Å²) in [5.74, 6) is 0.729. The lowest BCUT2D eigenvalue weighted by molar-refractivity contribution is 0.282. The summed E-state index contributed by atoms with van der Waals surface area (Å²) in [4.78, 5) is 3.67. The highest BCUT2D eigenvalue weighted by Gasteiger charge is 2.25. The molecule has 0 aliphatic heterocycles. The molecule has 1 aromatic heterocycles. The predicted molar refractivity (Wildman–Crippen MR) is 103 cm³/mol. The number of hydrogen-bond acceptors (Lipinski definition) is 1. The average molecular weight is 328 g/mol. The molecule has 0 radical (unpaired) electrons. The number of benzene rings is 1. The average Bonchev–Trinajstić information content (AvgIpc) is 2.97. The van der Waals surface area contributed by atoms with Crippen molar-refractivity contribution in [3.63, 3.8) is 0 Å². The molecular weight excluding hydrogens is 294 g/mol. The van der Waals surface area contributed by atoms with Gasteiger partial charge in [0, 0.05) is 16.6 Å². The van der Waals surface area contributed by atoms with Gasteiger partial charge in [-0.15, -0.1) is 0 Å². The summed E-state index contributed by atoms with van der Waals surface area (Å²) >= 11 is 0. The quantitative estimate of drug-likeness (QED) is 0.561. The molecule has 1 unspecified atom stereocenters. The number of aliphatic hydroxyl groups excluding tert-OH is 1. The summed E-state index contributed by atoms with van der Waals surface area (Å²) in [6.07, 6.45) is 13.5. The Morgan fingerprint density at radius 2 is 1.92 bits per heavy atom. The zero-order valence-electron chi connectivity index (χ0n) is 15.5. The van der Waals surface area contributed by atoms with Gasteiger partial charge in [0.2, 0.25) is 0 Å². The first-order valence-corrected chi connectivity index (χ1v) is 9.99. The summed E-state index contributed by atoms with van der Waals surface area (Å²) in [6, 6.07) is 4.30. The second-order valence-electron chi connectivity index (χ2n) is 7.66. The Labute approximate surface area is 146 Å². The third-order valence-electron chi connectivity index (χ3n) is 5.75. The van der Waals surface area contributed by atoms with E-state index in [4.69, 9.17) is 0 Å². The minimum absolute atomic E-state index is 0.127. The van der Waals surface area contributed by atoms with E-state index in [0.717, 1.165) is 11.5 Å². The molecule has 1 heterocycles. The maximum Gasteiger partial charge on any atom is 0.0682 e. The van der Waals surface area contributed by atoms with E-state index in [1.165, 1.54) is 86.4 Å². The summed E-state index contributed by atoms with van der Waals surface area (Å²) in [5, 5.41) is 10.9. The van der Waals surface area contributed by atoms with Gasteiger partial charge in [-0.25, -0.2) is 0 Å². The van der Waals surface area contributed by atoms with Crippen LogP contribution in [0.15, 0.2) is 12.1 Å². The van der Waals surface area contributed by atoms with Crippen molar-refractivity contribution >= 4 is 10.9 Å². The number of hydrogen-bond donors (Lipinski definition) is 2. The standard InChI is InChI=1S/C22H33NO/c1-3-4-5-6-7-8-10-18-11-9-12-19-22(18)21-16(2)13-17(15-24)14-20(21)23-19/h13-14,18,23-24H,3-12,15H2,1-2H3. The Hall–Kier alpha value is -1.28. The third kappa shape index (κ3) is 3.69. The van der Waals surface area contributed by atoms with Gasteiger partial charge in [0.15, 0.2) is 0 Å². The van der Waals surface area contributed by atoms with Crippen molar-refractivity contribution in [3.8, 4) is 0 Å². The molecule has 1 aromatic carbocycles. The smallest absolute Gasteiger partial charge is 0.0682 e. The summed E-state index contributed by atoms with van der Waals surface area (Å²) < 4.78 is 0. The van der Waals surface area contributed by atoms with Crippen LogP contribution >= 0.6 is 0 Å². The van der Waals surface area contributed by atoms with Gasteiger partial charge in [0.05, 0.1) is 6.61 Å². The van der Waals surface area contributed by atoms with E-state index in [1.54, 1.807) is 5.56 Å². The topological polar surface area (TPSA) is 36.0 Å². The van der Waals surface area contributed by atoms with Gasteiger partial charge in [0.25, 0.3) is 0 Å². The van der Waals surface area contributed by atoms with E-state index in [-0.39, 0.29) is 6.61 Å². The van der Waals surface area contributed by atoms with Crippen molar-refractivity contribution in [1.29, 1.82) is 0 Å². The zero-order chi connectivity index (χ0) is 16.9. The molecule has 1 atom stereocenters. The van der Waals surface area contributed by atoms with Crippen LogP contribution in [0.25, 0.3) is 10.9 Å². The SMILES string of the molecule is CCCCCCCCC1CCCc2[nH]c3cc(CO)cc(C)c3c21. The molecular formula is C22H33NO. The van der Waals surface area contributed by atoms with Gasteiger partial charge in [-0.2, -0.15) is 0 Å². The van der Waals surface area contributed by atoms with Crippen LogP contribution in [-0.2, 0) is 13.0 Å². The largest absolute Gasteiger partial charge is 0.392 e. The Balaban J connectivity index is 1.75. The van der Waals surface area contributed by atoms with Crippen LogP contribution in [-0.4, -0.2) is 10.1 Å². The highest BCUT2D eigenvalue weighted by Crippen LogP contribution is 2.41. The van der Waals surface area contributed by atoms with E-state index >= 15 is 0 Å². The Morgan fingerprint density at radius 1 is 1.12 bits per heavy atom. The van der Waals surface area contributed by atoms with Crippen molar-refractivity contribution in [2.75, 3.05) is 0 Å². The molecule has 2 heteroatoms. The number of aryl methyl sites for hydroxylation is 2. The Bertz CT molecular complexity index is 670. The molecule has 2 aromatic rings. The number of nitrogens with one attached hydrogen (secondary N) is 1. The Kier molecular flexibility index (Phi) is 5.99. The minimum Gasteiger partial charge on any atom is -0.392 e. The zero-order valence-corrected chi connectivity index (χ0v) is 15.5. The van der Waals surface area contributed by atoms with Crippen LogP contribution in [0.4, 0.5) is 0 Å². The van der Waals surface area contributed by atoms with Crippen molar-refractivity contribution in [2.24, 2.45) is 0 Å². The molecule has 2 N–H and O–H groups in total. The van der Waals surface area contributed by atoms with Crippen LogP contribution in [0, 0.1) is 6.92 Å². The van der Waals surface area contributed by atoms with Gasteiger partial charge in [-0.3, -0.25) is 0 Å². The van der Waals surface area contributed by atoms with Crippen LogP contribution in [0.3, 0.4) is 0 Å². The fourth-order valence-electron chi connectivity index (χ4n) is 4.57. The van der Waals surface area contributed by atoms with Gasteiger partial charge in [0.1, 0.15) is 0 Å². The summed E-state index contributed by atoms with van der Waals surface area (Å²) in [6.45, 7) is 4.61. The van der Waals surface area contributed by atoms with Crippen molar-refractivity contribution < 1.29 is 5.11 Å². The molecule has 24 heavy (non-hydrogen) atoms. The molecule has 0 saturated carbocycles. The third-order valence-corrected chi connectivity index (χ3v) is 5.75. The number of fused-ring (bicyclic) bond motifs is 3. The molecule has 1 aliphatic rings. The lowest BCUT2D eigenvalue weighted by atomic mass is 9.81. The number of aromatic nitrogens is 1. The number of unbranched alkanes of at least 4 members (excludes halogenated alkanes) is 5. The lowest BCUT2D eigenvalue weighted by Gasteiger charge is -2.23. The van der Waals surface area contributed by atoms with Crippen molar-refractivity contribution in [1.82, 2.24) is 4.98 Å². The van der Waals surface area contributed by atoms with E-state index in [2.05, 4.69) is 31.0 Å². The van der Waals surface area contributed by atoms with Crippen LogP contribution in [0.1, 0.15) is 93.0 Å². The van der Waals surface area contributed by atoms with Crippen LogP contribution < -0.4 is 0 Å². The molecule has 0 amide bonds. The Morgan fingerprint density at radius 3 is 2.71 bits per heavy atom. The first-order chi connectivity index (χ1) is 11.7. The summed E-state index contributed by atoms with van der Waals surface area (Å²) in [5.41, 5.74) is 6.64. The van der Waals surface area contributed by atoms with Crippen LogP contribution in [0.5, 0.6) is 0 Å². The number of aromatic amines is 1. The molecule has 3 rings (SSSR count). The van der Waals surface area contributed by atoms with Gasteiger partial charge >= 0.3 is 0 Å². The number of rotatable bonds is 8. The van der Waals surface area contributed by atoms with E-state index in [0.29, 0.717) is 0 Å².